The van der Waals surface area contributed by atoms with Gasteiger partial charge < -0.3 is 16.0 Å². The van der Waals surface area contributed by atoms with Gasteiger partial charge in [-0.2, -0.15) is 0 Å². The molecule has 5 nitrogen and oxygen atoms in total. The summed E-state index contributed by atoms with van der Waals surface area (Å²) >= 11 is 0. The van der Waals surface area contributed by atoms with Crippen molar-refractivity contribution in [2.45, 2.75) is 32.2 Å². The molecule has 0 radical (unpaired) electrons. The molecule has 0 saturated carbocycles. The van der Waals surface area contributed by atoms with E-state index in [1.165, 1.54) is 11.1 Å². The number of hydrogen-bond acceptors (Lipinski definition) is 5. The highest BCUT2D eigenvalue weighted by Gasteiger charge is 2.21. The zero-order valence-corrected chi connectivity index (χ0v) is 18.9. The lowest BCUT2D eigenvalue weighted by atomic mass is 10.1. The summed E-state index contributed by atoms with van der Waals surface area (Å²) < 4.78 is 0. The van der Waals surface area contributed by atoms with Crippen molar-refractivity contribution in [1.82, 2.24) is 5.32 Å². The van der Waals surface area contributed by atoms with E-state index >= 15 is 0 Å². The highest BCUT2D eigenvalue weighted by Crippen LogP contribution is 2.17. The van der Waals surface area contributed by atoms with Gasteiger partial charge in [-0.15, -0.1) is 13.2 Å². The van der Waals surface area contributed by atoms with Gasteiger partial charge in [0.25, 0.3) is 10.9 Å². The second-order valence-corrected chi connectivity index (χ2v) is 7.16. The first-order valence-electron chi connectivity index (χ1n) is 10.6. The molecule has 0 aliphatic carbocycles. The minimum atomic E-state index is -0.421. The molecule has 170 valence electrons. The summed E-state index contributed by atoms with van der Waals surface area (Å²) in [4.78, 5) is 23.8. The maximum absolute atomic E-state index is 11.9. The fourth-order valence-electron chi connectivity index (χ4n) is 3.11. The van der Waals surface area contributed by atoms with E-state index in [0.717, 1.165) is 19.3 Å². The van der Waals surface area contributed by atoms with Gasteiger partial charge in [0.15, 0.2) is 0 Å². The first-order valence-corrected chi connectivity index (χ1v) is 10.6. The predicted octanol–water partition coefficient (Wildman–Crippen LogP) is 4.50. The molecular weight excluding hydrogens is 386 g/mol. The van der Waals surface area contributed by atoms with E-state index in [9.17, 15) is 9.59 Å². The Morgan fingerprint density at radius 2 is 1.32 bits per heavy atom. The average molecular weight is 426 g/mol. The Morgan fingerprint density at radius 1 is 0.839 bits per heavy atom. The van der Waals surface area contributed by atoms with Crippen molar-refractivity contribution in [1.29, 1.82) is 0 Å². The van der Waals surface area contributed by atoms with Gasteiger partial charge in [-0.05, 0) is 51.4 Å². The third-order valence-corrected chi connectivity index (χ3v) is 4.47. The van der Waals surface area contributed by atoms with Gasteiger partial charge in [0, 0.05) is 15.4 Å². The van der Waals surface area contributed by atoms with Crippen LogP contribution in [0.5, 0.6) is 0 Å². The first-order chi connectivity index (χ1) is 15.1. The Bertz CT molecular complexity index is 943. The maximum Gasteiger partial charge on any atom is 0.253 e. The van der Waals surface area contributed by atoms with E-state index in [1.54, 1.807) is 0 Å². The van der Waals surface area contributed by atoms with Gasteiger partial charge >= 0.3 is 0 Å². The lowest BCUT2D eigenvalue weighted by Gasteiger charge is -2.19. The predicted molar refractivity (Wildman–Crippen MR) is 138 cm³/mol. The van der Waals surface area contributed by atoms with Crippen molar-refractivity contribution in [3.8, 4) is 0 Å². The number of aryl methyl sites for hydroxylation is 1. The zero-order valence-electron chi connectivity index (χ0n) is 18.9. The van der Waals surface area contributed by atoms with Gasteiger partial charge in [0.1, 0.15) is 11.4 Å². The molecular formula is C26H39N3O2. The molecule has 3 N–H and O–H groups in total. The number of benzene rings is 2. The highest BCUT2D eigenvalue weighted by molar-refractivity contribution is 5.74. The average Bonchev–Trinajstić information content (AvgIpc) is 2.81. The Morgan fingerprint density at radius 3 is 1.87 bits per heavy atom. The number of rotatable bonds is 9. The topological polar surface area (TPSA) is 70.2 Å². The fourth-order valence-corrected chi connectivity index (χ4v) is 3.11. The lowest BCUT2D eigenvalue weighted by molar-refractivity contribution is 0.786. The van der Waals surface area contributed by atoms with Crippen LogP contribution in [-0.2, 0) is 12.8 Å². The Kier molecular flexibility index (Phi) is 12.3. The van der Waals surface area contributed by atoms with Gasteiger partial charge in [0.05, 0.1) is 0 Å². The van der Waals surface area contributed by atoms with Crippen LogP contribution in [0, 0.1) is 0 Å². The quantitative estimate of drug-likeness (QED) is 0.267. The summed E-state index contributed by atoms with van der Waals surface area (Å²) in [7, 11) is 3.75. The molecule has 0 spiro atoms. The van der Waals surface area contributed by atoms with Crippen LogP contribution in [0.15, 0.2) is 83.4 Å². The van der Waals surface area contributed by atoms with Crippen molar-refractivity contribution in [3.63, 3.8) is 0 Å². The summed E-state index contributed by atoms with van der Waals surface area (Å²) in [6, 6.07) is 20.4. The van der Waals surface area contributed by atoms with Crippen molar-refractivity contribution >= 4 is 11.4 Å². The van der Waals surface area contributed by atoms with Crippen LogP contribution in [-0.4, -0.2) is 26.7 Å². The van der Waals surface area contributed by atoms with Crippen LogP contribution >= 0.6 is 0 Å². The summed E-state index contributed by atoms with van der Waals surface area (Å²) in [5.74, 6) is 0. The minimum absolute atomic E-state index is 0. The van der Waals surface area contributed by atoms with Crippen LogP contribution in [0.4, 0.5) is 11.4 Å². The molecule has 0 aliphatic heterocycles. The van der Waals surface area contributed by atoms with Crippen LogP contribution < -0.4 is 26.8 Å². The maximum atomic E-state index is 11.9. The van der Waals surface area contributed by atoms with Crippen LogP contribution in [0.3, 0.4) is 0 Å². The molecule has 0 bridgehead atoms. The molecule has 0 aromatic heterocycles. The van der Waals surface area contributed by atoms with E-state index < -0.39 is 10.9 Å². The van der Waals surface area contributed by atoms with E-state index in [0.29, 0.717) is 17.9 Å². The molecule has 3 aromatic carbocycles. The monoisotopic (exact) mass is 425 g/mol. The van der Waals surface area contributed by atoms with E-state index in [-0.39, 0.29) is 8.90 Å². The zero-order chi connectivity index (χ0) is 23.1. The van der Waals surface area contributed by atoms with Gasteiger partial charge in [0.2, 0.25) is 0 Å². The first kappa shape index (κ1) is 25.9. The molecule has 1 atom stereocenters. The summed E-state index contributed by atoms with van der Waals surface area (Å²) in [5.41, 5.74) is 2.49. The molecule has 0 aliphatic rings. The molecule has 0 fully saturated rings. The lowest BCUT2D eigenvalue weighted by Crippen LogP contribution is -2.39. The molecule has 31 heavy (non-hydrogen) atoms. The number of hydrogen-bond donors (Lipinski definition) is 3. The third kappa shape index (κ3) is 8.60. The molecule has 5 heteroatoms. The standard InChI is InChI=1S/C22H24N2O2.C2H7N.C2H4.2H2/c1-16(15-18-11-6-3-7-12-18)24-20-19(21(25)22(20)26)23-14-8-13-17-9-4-2-5-10-17;1-3-2;1-2;;/h2-7,9-12,16,23-24H,8,13-15H2,1H3;3H,1-2H3;1-2H2;2*1H/t16-;;;;/m1..../s1. The second-order valence-electron chi connectivity index (χ2n) is 7.16. The normalized spacial score (nSPS) is 10.8. The highest BCUT2D eigenvalue weighted by atomic mass is 16.2. The van der Waals surface area contributed by atoms with Crippen molar-refractivity contribution in [3.05, 3.63) is 105 Å². The van der Waals surface area contributed by atoms with E-state index in [1.807, 2.05) is 57.4 Å². The van der Waals surface area contributed by atoms with Crippen molar-refractivity contribution in [2.75, 3.05) is 31.3 Å². The van der Waals surface area contributed by atoms with Crippen LogP contribution in [0.1, 0.15) is 27.3 Å². The summed E-state index contributed by atoms with van der Waals surface area (Å²) in [6.45, 7) is 8.69. The van der Waals surface area contributed by atoms with Crippen molar-refractivity contribution in [2.24, 2.45) is 0 Å². The van der Waals surface area contributed by atoms with Crippen LogP contribution in [0.2, 0.25) is 0 Å². The molecule has 0 saturated heterocycles. The minimum Gasteiger partial charge on any atom is -0.380 e. The SMILES string of the molecule is C=C.CNC.C[C@H](Cc1ccccc1)Nc1c(NCCCc2ccccc2)c(=O)c1=O.[HH].[HH]. The number of anilines is 2. The third-order valence-electron chi connectivity index (χ3n) is 4.47. The summed E-state index contributed by atoms with van der Waals surface area (Å²) in [6.07, 6.45) is 2.64. The van der Waals surface area contributed by atoms with E-state index in [2.05, 4.69) is 53.4 Å². The number of nitrogens with one attached hydrogen (secondary N) is 3. The second kappa shape index (κ2) is 14.7. The molecule has 3 aromatic rings. The summed E-state index contributed by atoms with van der Waals surface area (Å²) in [5, 5.41) is 9.09. The van der Waals surface area contributed by atoms with Gasteiger partial charge in [-0.1, -0.05) is 60.7 Å². The Hall–Kier alpha value is -3.18. The van der Waals surface area contributed by atoms with Gasteiger partial charge in [-0.3, -0.25) is 9.59 Å². The van der Waals surface area contributed by atoms with Crippen molar-refractivity contribution < 1.29 is 2.85 Å². The molecule has 0 unspecified atom stereocenters. The smallest absolute Gasteiger partial charge is 0.253 e. The van der Waals surface area contributed by atoms with Crippen LogP contribution in [0.25, 0.3) is 0 Å². The van der Waals surface area contributed by atoms with Gasteiger partial charge in [-0.25, -0.2) is 0 Å². The molecule has 3 rings (SSSR count). The molecule has 0 amide bonds. The largest absolute Gasteiger partial charge is 0.380 e. The Labute approximate surface area is 188 Å². The van der Waals surface area contributed by atoms with E-state index in [4.69, 9.17) is 0 Å². The Balaban J connectivity index is 0. The molecule has 0 heterocycles. The fraction of sp³-hybridized carbons (Fsp3) is 0.308.